The molecule has 0 aliphatic carbocycles. The van der Waals surface area contributed by atoms with Crippen LogP contribution in [0.25, 0.3) is 10.2 Å². The third-order valence-corrected chi connectivity index (χ3v) is 5.76. The van der Waals surface area contributed by atoms with Crippen LogP contribution in [0.5, 0.6) is 11.5 Å². The third kappa shape index (κ3) is 3.94. The van der Waals surface area contributed by atoms with Crippen LogP contribution in [-0.2, 0) is 0 Å². The molecule has 8 heteroatoms. The lowest BCUT2D eigenvalue weighted by Crippen LogP contribution is -3.06. The van der Waals surface area contributed by atoms with Crippen LogP contribution in [0.15, 0.2) is 36.4 Å². The van der Waals surface area contributed by atoms with Crippen molar-refractivity contribution in [3.05, 3.63) is 47.5 Å². The van der Waals surface area contributed by atoms with Gasteiger partial charge in [0.25, 0.3) is 5.91 Å². The first-order chi connectivity index (χ1) is 13.9. The molecule has 1 aromatic heterocycles. The lowest BCUT2D eigenvalue weighted by molar-refractivity contribution is -0.856. The second kappa shape index (κ2) is 7.81. The summed E-state index contributed by atoms with van der Waals surface area (Å²) < 4.78 is 11.8. The fourth-order valence-corrected chi connectivity index (χ4v) is 4.04. The Morgan fingerprint density at radius 2 is 1.76 bits per heavy atom. The molecule has 1 aliphatic heterocycles. The molecule has 0 fully saturated rings. The Morgan fingerprint density at radius 1 is 1.10 bits per heavy atom. The Hall–Kier alpha value is -2.97. The zero-order valence-corrected chi connectivity index (χ0v) is 17.3. The minimum atomic E-state index is -0.138. The fourth-order valence-electron chi connectivity index (χ4n) is 3.04. The van der Waals surface area contributed by atoms with Crippen molar-refractivity contribution >= 4 is 38.4 Å². The van der Waals surface area contributed by atoms with Crippen LogP contribution in [0.1, 0.15) is 27.6 Å². The van der Waals surface area contributed by atoms with Crippen LogP contribution < -0.4 is 19.3 Å². The van der Waals surface area contributed by atoms with Crippen molar-refractivity contribution in [2.24, 2.45) is 0 Å². The van der Waals surface area contributed by atoms with Crippen molar-refractivity contribution < 1.29 is 24.0 Å². The van der Waals surface area contributed by atoms with E-state index < -0.39 is 0 Å². The van der Waals surface area contributed by atoms with Crippen LogP contribution >= 0.6 is 11.3 Å². The van der Waals surface area contributed by atoms with Gasteiger partial charge in [-0.1, -0.05) is 23.5 Å². The summed E-state index contributed by atoms with van der Waals surface area (Å²) in [6.45, 7) is 3.03. The van der Waals surface area contributed by atoms with Gasteiger partial charge in [-0.25, -0.2) is 4.98 Å². The second-order valence-electron chi connectivity index (χ2n) is 7.22. The molecule has 7 nitrogen and oxygen atoms in total. The topological polar surface area (TPSA) is 73.2 Å². The number of aromatic nitrogens is 1. The van der Waals surface area contributed by atoms with Gasteiger partial charge < -0.3 is 14.4 Å². The van der Waals surface area contributed by atoms with Gasteiger partial charge in [-0.2, -0.15) is 0 Å². The van der Waals surface area contributed by atoms with E-state index >= 15 is 0 Å². The number of amides is 1. The summed E-state index contributed by atoms with van der Waals surface area (Å²) in [6, 6.07) is 10.5. The van der Waals surface area contributed by atoms with Crippen molar-refractivity contribution in [1.82, 2.24) is 4.98 Å². The summed E-state index contributed by atoms with van der Waals surface area (Å²) in [5, 5.41) is 0.630. The number of nitrogens with one attached hydrogen (secondary N) is 1. The Balaban J connectivity index is 1.68. The fraction of sp³-hybridized carbons (Fsp3) is 0.286. The molecule has 29 heavy (non-hydrogen) atoms. The number of Topliss-reactive ketones (excluding diaryl/α,β-unsaturated/α-hetero) is 1. The maximum Gasteiger partial charge on any atom is 0.260 e. The first kappa shape index (κ1) is 19.4. The molecule has 0 saturated heterocycles. The predicted molar refractivity (Wildman–Crippen MR) is 112 cm³/mol. The van der Waals surface area contributed by atoms with Crippen LogP contribution in [0, 0.1) is 0 Å². The number of quaternary nitrogens is 1. The highest BCUT2D eigenvalue weighted by Crippen LogP contribution is 2.39. The Labute approximate surface area is 172 Å². The number of carbonyl (C=O) groups is 2. The van der Waals surface area contributed by atoms with E-state index in [9.17, 15) is 9.59 Å². The summed E-state index contributed by atoms with van der Waals surface area (Å²) in [4.78, 5) is 32.4. The number of nitrogens with zero attached hydrogens (tertiary/aromatic N) is 2. The molecule has 4 rings (SSSR count). The molecular formula is C21H22N3O4S+. The van der Waals surface area contributed by atoms with E-state index in [2.05, 4.69) is 4.98 Å². The normalized spacial score (nSPS) is 12.6. The molecule has 1 N–H and O–H groups in total. The number of ketones is 1. The lowest BCUT2D eigenvalue weighted by atomic mass is 10.1. The van der Waals surface area contributed by atoms with E-state index in [1.54, 1.807) is 29.2 Å². The predicted octanol–water partition coefficient (Wildman–Crippen LogP) is 2.02. The number of carbonyl (C=O) groups excluding carboxylic acids is 2. The summed E-state index contributed by atoms with van der Waals surface area (Å²) in [7, 11) is 4.09. The van der Waals surface area contributed by atoms with E-state index in [4.69, 9.17) is 9.47 Å². The van der Waals surface area contributed by atoms with Crippen molar-refractivity contribution in [2.45, 2.75) is 6.92 Å². The maximum absolute atomic E-state index is 13.3. The van der Waals surface area contributed by atoms with Gasteiger partial charge in [-0.3, -0.25) is 14.5 Å². The molecule has 1 aliphatic rings. The van der Waals surface area contributed by atoms with Crippen molar-refractivity contribution in [3.63, 3.8) is 0 Å². The molecule has 0 bridgehead atoms. The number of hydrogen-bond acceptors (Lipinski definition) is 6. The quantitative estimate of drug-likeness (QED) is 0.627. The largest absolute Gasteiger partial charge is 0.454 e. The molecule has 2 heterocycles. The first-order valence-electron chi connectivity index (χ1n) is 9.34. The number of fused-ring (bicyclic) bond motifs is 2. The first-order valence-corrected chi connectivity index (χ1v) is 10.2. The highest BCUT2D eigenvalue weighted by molar-refractivity contribution is 7.22. The SMILES string of the molecule is CC(=O)c1ccc(C(=O)N(CC[NH+](C)C)c2nc3cc4c(cc3s2)OCO4)cc1. The van der Waals surface area contributed by atoms with Gasteiger partial charge in [0.2, 0.25) is 6.79 Å². The zero-order valence-electron chi connectivity index (χ0n) is 16.5. The highest BCUT2D eigenvalue weighted by atomic mass is 32.1. The number of benzene rings is 2. The van der Waals surface area contributed by atoms with Crippen LogP contribution in [-0.4, -0.2) is 50.7 Å². The van der Waals surface area contributed by atoms with Gasteiger partial charge in [0.15, 0.2) is 22.4 Å². The van der Waals surface area contributed by atoms with Crippen LogP contribution in [0.3, 0.4) is 0 Å². The Bertz CT molecular complexity index is 1030. The van der Waals surface area contributed by atoms with Crippen molar-refractivity contribution in [2.75, 3.05) is 38.9 Å². The summed E-state index contributed by atoms with van der Waals surface area (Å²) in [5.74, 6) is 1.20. The molecule has 2 aromatic carbocycles. The maximum atomic E-state index is 13.3. The molecule has 1 amide bonds. The molecule has 0 atom stereocenters. The van der Waals surface area contributed by atoms with Crippen LogP contribution in [0.2, 0.25) is 0 Å². The van der Waals surface area contributed by atoms with E-state index in [1.807, 2.05) is 26.2 Å². The molecule has 0 radical (unpaired) electrons. The number of anilines is 1. The van der Waals surface area contributed by atoms with Crippen molar-refractivity contribution in [3.8, 4) is 11.5 Å². The number of ether oxygens (including phenoxy) is 2. The van der Waals surface area contributed by atoms with Gasteiger partial charge in [0.05, 0.1) is 37.4 Å². The molecule has 0 saturated carbocycles. The monoisotopic (exact) mass is 412 g/mol. The molecule has 0 spiro atoms. The standard InChI is InChI=1S/C21H21N3O4S/c1-13(25)14-4-6-15(7-5-14)20(26)24(9-8-23(2)3)21-22-16-10-17-18(28-12-27-17)11-19(16)29-21/h4-7,10-11H,8-9,12H2,1-3H3/p+1. The third-order valence-electron chi connectivity index (χ3n) is 4.72. The average Bonchev–Trinajstić information content (AvgIpc) is 3.31. The number of thiazole rings is 1. The van der Waals surface area contributed by atoms with Gasteiger partial charge in [0, 0.05) is 23.3 Å². The lowest BCUT2D eigenvalue weighted by Gasteiger charge is -2.20. The minimum absolute atomic E-state index is 0.0271. The summed E-state index contributed by atoms with van der Waals surface area (Å²) >= 11 is 1.45. The smallest absolute Gasteiger partial charge is 0.260 e. The Morgan fingerprint density at radius 3 is 2.41 bits per heavy atom. The highest BCUT2D eigenvalue weighted by Gasteiger charge is 2.24. The van der Waals surface area contributed by atoms with Gasteiger partial charge in [0.1, 0.15) is 0 Å². The van der Waals surface area contributed by atoms with E-state index in [0.29, 0.717) is 34.3 Å². The van der Waals surface area contributed by atoms with Crippen molar-refractivity contribution in [1.29, 1.82) is 0 Å². The molecular weight excluding hydrogens is 390 g/mol. The van der Waals surface area contributed by atoms with Gasteiger partial charge in [-0.05, 0) is 19.1 Å². The summed E-state index contributed by atoms with van der Waals surface area (Å²) in [5.41, 5.74) is 1.88. The van der Waals surface area contributed by atoms with E-state index in [-0.39, 0.29) is 18.5 Å². The summed E-state index contributed by atoms with van der Waals surface area (Å²) in [6.07, 6.45) is 0. The van der Waals surface area contributed by atoms with E-state index in [1.165, 1.54) is 23.2 Å². The second-order valence-corrected chi connectivity index (χ2v) is 8.23. The van der Waals surface area contributed by atoms with Gasteiger partial charge >= 0.3 is 0 Å². The number of likely N-dealkylation sites (N-methyl/N-ethyl adjacent to an activating group) is 1. The molecule has 150 valence electrons. The Kier molecular flexibility index (Phi) is 5.21. The minimum Gasteiger partial charge on any atom is -0.454 e. The molecule has 3 aromatic rings. The number of rotatable bonds is 6. The van der Waals surface area contributed by atoms with E-state index in [0.717, 1.165) is 16.8 Å². The van der Waals surface area contributed by atoms with Crippen LogP contribution in [0.4, 0.5) is 5.13 Å². The molecule has 0 unspecified atom stereocenters. The number of hydrogen-bond donors (Lipinski definition) is 1. The van der Waals surface area contributed by atoms with Gasteiger partial charge in [-0.15, -0.1) is 0 Å². The average molecular weight is 412 g/mol. The zero-order chi connectivity index (χ0) is 20.5.